The van der Waals surface area contributed by atoms with E-state index < -0.39 is 0 Å². The normalized spacial score (nSPS) is 17.9. The third-order valence-corrected chi connectivity index (χ3v) is 8.69. The number of benzene rings is 3. The fraction of sp³-hybridized carbons (Fsp3) is 0.290. The van der Waals surface area contributed by atoms with E-state index in [4.69, 9.17) is 0 Å². The molecule has 1 N–H and O–H groups in total. The Morgan fingerprint density at radius 3 is 1.78 bits per heavy atom. The summed E-state index contributed by atoms with van der Waals surface area (Å²) in [5.41, 5.74) is 4.92. The van der Waals surface area contributed by atoms with Crippen molar-refractivity contribution in [2.24, 2.45) is 0 Å². The minimum absolute atomic E-state index is 0.000421. The maximum atomic E-state index is 10.3. The number of nitrogens with zero attached hydrogens (tertiary/aromatic N) is 3. The lowest BCUT2D eigenvalue weighted by Crippen LogP contribution is -2.34. The van der Waals surface area contributed by atoms with Gasteiger partial charge >= 0.3 is 0 Å². The fourth-order valence-electron chi connectivity index (χ4n) is 5.26. The lowest BCUT2D eigenvalue weighted by Gasteiger charge is -2.37. The van der Waals surface area contributed by atoms with E-state index >= 15 is 0 Å². The van der Waals surface area contributed by atoms with Gasteiger partial charge in [-0.15, -0.1) is 11.8 Å². The van der Waals surface area contributed by atoms with Crippen molar-refractivity contribution in [3.63, 3.8) is 0 Å². The first-order chi connectivity index (χ1) is 17.7. The van der Waals surface area contributed by atoms with Crippen LogP contribution >= 0.6 is 11.8 Å². The molecule has 4 nitrogen and oxygen atoms in total. The van der Waals surface area contributed by atoms with Crippen molar-refractivity contribution in [2.75, 3.05) is 18.1 Å². The van der Waals surface area contributed by atoms with E-state index in [0.29, 0.717) is 5.95 Å². The number of anilines is 1. The van der Waals surface area contributed by atoms with Crippen molar-refractivity contribution < 1.29 is 5.11 Å². The van der Waals surface area contributed by atoms with Gasteiger partial charge in [-0.3, -0.25) is 0 Å². The van der Waals surface area contributed by atoms with Crippen LogP contribution in [0.1, 0.15) is 42.0 Å². The molecule has 0 amide bonds. The SMILES string of the molecule is CCCc1cnc(N2C[C@H](SC(c3ccccc3)(c3ccccc3)c3ccccc3)C[C@H]2CO)nc1. The van der Waals surface area contributed by atoms with Crippen molar-refractivity contribution in [1.29, 1.82) is 0 Å². The predicted octanol–water partition coefficient (Wildman–Crippen LogP) is 6.09. The average Bonchev–Trinajstić information content (AvgIpc) is 3.36. The van der Waals surface area contributed by atoms with Gasteiger partial charge in [0.2, 0.25) is 5.95 Å². The summed E-state index contributed by atoms with van der Waals surface area (Å²) < 4.78 is -0.379. The minimum Gasteiger partial charge on any atom is -0.394 e. The molecule has 1 aliphatic heterocycles. The zero-order valence-corrected chi connectivity index (χ0v) is 21.5. The van der Waals surface area contributed by atoms with Crippen LogP contribution in [0.25, 0.3) is 0 Å². The molecular formula is C31H33N3OS. The molecule has 0 radical (unpaired) electrons. The van der Waals surface area contributed by atoms with Gasteiger partial charge in [0.25, 0.3) is 0 Å². The molecular weight excluding hydrogens is 462 g/mol. The molecule has 1 saturated heterocycles. The molecule has 0 unspecified atom stereocenters. The zero-order chi connectivity index (χ0) is 24.8. The number of thioether (sulfide) groups is 1. The van der Waals surface area contributed by atoms with Crippen molar-refractivity contribution in [1.82, 2.24) is 9.97 Å². The highest BCUT2D eigenvalue weighted by Crippen LogP contribution is 2.52. The van der Waals surface area contributed by atoms with E-state index in [9.17, 15) is 5.11 Å². The topological polar surface area (TPSA) is 49.2 Å². The van der Waals surface area contributed by atoms with E-state index in [-0.39, 0.29) is 22.6 Å². The van der Waals surface area contributed by atoms with Gasteiger partial charge in [-0.05, 0) is 35.1 Å². The molecule has 184 valence electrons. The molecule has 0 aliphatic carbocycles. The Labute approximate surface area is 218 Å². The quantitative estimate of drug-likeness (QED) is 0.285. The van der Waals surface area contributed by atoms with E-state index in [1.807, 2.05) is 24.2 Å². The lowest BCUT2D eigenvalue weighted by molar-refractivity contribution is 0.266. The van der Waals surface area contributed by atoms with Crippen molar-refractivity contribution in [3.8, 4) is 0 Å². The predicted molar refractivity (Wildman–Crippen MR) is 149 cm³/mol. The van der Waals surface area contributed by atoms with E-state index in [1.165, 1.54) is 16.7 Å². The molecule has 5 rings (SSSR count). The summed E-state index contributed by atoms with van der Waals surface area (Å²) in [7, 11) is 0. The highest BCUT2D eigenvalue weighted by molar-refractivity contribution is 8.01. The second-order valence-electron chi connectivity index (χ2n) is 9.38. The molecule has 2 heterocycles. The Morgan fingerprint density at radius 2 is 1.33 bits per heavy atom. The van der Waals surface area contributed by atoms with Crippen LogP contribution in [-0.4, -0.2) is 39.5 Å². The molecule has 0 bridgehead atoms. The number of aryl methyl sites for hydroxylation is 1. The minimum atomic E-state index is -0.379. The summed E-state index contributed by atoms with van der Waals surface area (Å²) in [6, 6.07) is 32.4. The molecule has 4 aromatic rings. The molecule has 0 spiro atoms. The Balaban J connectivity index is 1.54. The first kappa shape index (κ1) is 24.5. The van der Waals surface area contributed by atoms with Gasteiger partial charge in [0.05, 0.1) is 17.4 Å². The second kappa shape index (κ2) is 11.3. The van der Waals surface area contributed by atoms with Crippen LogP contribution in [0.15, 0.2) is 103 Å². The molecule has 1 aliphatic rings. The van der Waals surface area contributed by atoms with Gasteiger partial charge < -0.3 is 10.0 Å². The maximum absolute atomic E-state index is 10.3. The van der Waals surface area contributed by atoms with Crippen LogP contribution in [-0.2, 0) is 11.2 Å². The average molecular weight is 496 g/mol. The first-order valence-electron chi connectivity index (χ1n) is 12.8. The van der Waals surface area contributed by atoms with Gasteiger partial charge in [0.1, 0.15) is 0 Å². The Hall–Kier alpha value is -3.15. The summed E-state index contributed by atoms with van der Waals surface area (Å²) in [5, 5.41) is 10.6. The van der Waals surface area contributed by atoms with Crippen LogP contribution in [0.5, 0.6) is 0 Å². The summed E-state index contributed by atoms with van der Waals surface area (Å²) in [5.74, 6) is 0.710. The van der Waals surface area contributed by atoms with Crippen molar-refractivity contribution >= 4 is 17.7 Å². The maximum Gasteiger partial charge on any atom is 0.225 e. The fourth-order valence-corrected chi connectivity index (χ4v) is 7.13. The van der Waals surface area contributed by atoms with E-state index in [2.05, 4.69) is 113 Å². The Kier molecular flexibility index (Phi) is 7.69. The van der Waals surface area contributed by atoms with Gasteiger partial charge in [0.15, 0.2) is 0 Å². The largest absolute Gasteiger partial charge is 0.394 e. The van der Waals surface area contributed by atoms with E-state index in [1.54, 1.807) is 0 Å². The van der Waals surface area contributed by atoms with Crippen LogP contribution in [0.4, 0.5) is 5.95 Å². The number of aliphatic hydroxyl groups excluding tert-OH is 1. The third kappa shape index (κ3) is 4.91. The van der Waals surface area contributed by atoms with Crippen LogP contribution < -0.4 is 4.90 Å². The van der Waals surface area contributed by atoms with Crippen molar-refractivity contribution in [3.05, 3.63) is 126 Å². The molecule has 36 heavy (non-hydrogen) atoms. The highest BCUT2D eigenvalue weighted by Gasteiger charge is 2.43. The molecule has 1 fully saturated rings. The standard InChI is InChI=1S/C31H33N3OS/c1-2-12-24-20-32-30(33-21-24)34-22-29(19-28(34)23-35)36-31(25-13-6-3-7-14-25,26-15-8-4-9-16-26)27-17-10-5-11-18-27/h3-11,13-18,20-21,28-29,35H,2,12,19,22-23H2,1H3/t28-,29+/m0/s1. The second-order valence-corrected chi connectivity index (χ2v) is 10.9. The zero-order valence-electron chi connectivity index (χ0n) is 20.7. The Morgan fingerprint density at radius 1 is 0.833 bits per heavy atom. The summed E-state index contributed by atoms with van der Waals surface area (Å²) in [6.45, 7) is 3.04. The van der Waals surface area contributed by atoms with Crippen LogP contribution in [0.3, 0.4) is 0 Å². The smallest absolute Gasteiger partial charge is 0.225 e. The van der Waals surface area contributed by atoms with Gasteiger partial charge in [-0.25, -0.2) is 9.97 Å². The molecule has 0 saturated carbocycles. The summed E-state index contributed by atoms with van der Waals surface area (Å²) in [6.07, 6.45) is 6.79. The monoisotopic (exact) mass is 495 g/mol. The molecule has 5 heteroatoms. The third-order valence-electron chi connectivity index (χ3n) is 6.96. The summed E-state index contributed by atoms with van der Waals surface area (Å²) in [4.78, 5) is 11.5. The van der Waals surface area contributed by atoms with Crippen LogP contribution in [0.2, 0.25) is 0 Å². The summed E-state index contributed by atoms with van der Waals surface area (Å²) >= 11 is 1.98. The molecule has 3 aromatic carbocycles. The number of aromatic nitrogens is 2. The van der Waals surface area contributed by atoms with Gasteiger partial charge in [-0.1, -0.05) is 104 Å². The number of aliphatic hydroxyl groups is 1. The highest BCUT2D eigenvalue weighted by atomic mass is 32.2. The Bertz CT molecular complexity index is 1120. The molecule has 1 aromatic heterocycles. The van der Waals surface area contributed by atoms with Gasteiger partial charge in [-0.2, -0.15) is 0 Å². The van der Waals surface area contributed by atoms with Crippen molar-refractivity contribution in [2.45, 2.75) is 42.2 Å². The van der Waals surface area contributed by atoms with E-state index in [0.717, 1.165) is 31.4 Å². The number of rotatable bonds is 9. The first-order valence-corrected chi connectivity index (χ1v) is 13.7. The van der Waals surface area contributed by atoms with Gasteiger partial charge in [0, 0.05) is 24.2 Å². The van der Waals surface area contributed by atoms with Crippen LogP contribution in [0, 0.1) is 0 Å². The number of hydrogen-bond donors (Lipinski definition) is 1. The lowest BCUT2D eigenvalue weighted by atomic mass is 9.84. The molecule has 2 atom stereocenters. The number of hydrogen-bond acceptors (Lipinski definition) is 5.